The maximum atomic E-state index is 5.76. The number of allylic oxidation sites excluding steroid dienone is 1. The second-order valence-corrected chi connectivity index (χ2v) is 7.72. The van der Waals surface area contributed by atoms with E-state index in [1.165, 1.54) is 5.56 Å². The summed E-state index contributed by atoms with van der Waals surface area (Å²) in [6.45, 7) is 9.80. The monoisotopic (exact) mass is 417 g/mol. The van der Waals surface area contributed by atoms with Crippen LogP contribution in [-0.2, 0) is 14.3 Å². The van der Waals surface area contributed by atoms with Gasteiger partial charge in [0.05, 0.1) is 13.3 Å². The Morgan fingerprint density at radius 1 is 1.41 bits per heavy atom. The Labute approximate surface area is 178 Å². The third kappa shape index (κ3) is 9.39. The number of nitrogens with zero attached hydrogens (tertiary/aromatic N) is 3. The van der Waals surface area contributed by atoms with Gasteiger partial charge in [0.2, 0.25) is 5.90 Å². The summed E-state index contributed by atoms with van der Waals surface area (Å²) in [5.41, 5.74) is 0.773. The predicted octanol–water partition coefficient (Wildman–Crippen LogP) is 3.65. The van der Waals surface area contributed by atoms with Gasteiger partial charge < -0.3 is 14.3 Å². The molecule has 1 aliphatic rings. The molecular weight excluding hydrogens is 386 g/mol. The average molecular weight is 418 g/mol. The lowest BCUT2D eigenvalue weighted by atomic mass is 10.1. The molecule has 0 fully saturated rings. The van der Waals surface area contributed by atoms with Crippen LogP contribution in [-0.4, -0.2) is 68.2 Å². The Morgan fingerprint density at radius 2 is 2.28 bits per heavy atom. The van der Waals surface area contributed by atoms with Crippen LogP contribution < -0.4 is 0 Å². The number of likely N-dealkylation sites (N-methyl/N-ethyl adjacent to an activating group) is 1. The fourth-order valence-electron chi connectivity index (χ4n) is 2.32. The molecule has 1 aliphatic heterocycles. The van der Waals surface area contributed by atoms with E-state index in [-0.39, 0.29) is 0 Å². The van der Waals surface area contributed by atoms with Crippen molar-refractivity contribution in [3.05, 3.63) is 40.6 Å². The molecule has 0 aliphatic carbocycles. The Kier molecular flexibility index (Phi) is 10.1. The third-order valence-corrected chi connectivity index (χ3v) is 4.89. The molecule has 6 nitrogen and oxygen atoms in total. The maximum absolute atomic E-state index is 5.76. The molecule has 0 amide bonds. The number of aliphatic imine (C=N–C) groups is 1. The third-order valence-electron chi connectivity index (χ3n) is 4.19. The molecule has 1 aromatic rings. The Morgan fingerprint density at radius 3 is 3.00 bits per heavy atom. The fraction of sp³-hybridized carbons (Fsp3) is 0.500. The molecule has 0 aromatic carbocycles. The number of rotatable bonds is 11. The lowest BCUT2D eigenvalue weighted by molar-refractivity contribution is -0.0898. The summed E-state index contributed by atoms with van der Waals surface area (Å²) in [5, 5.41) is 5.98. The van der Waals surface area contributed by atoms with Crippen LogP contribution >= 0.6 is 11.3 Å². The van der Waals surface area contributed by atoms with Crippen molar-refractivity contribution in [3.63, 3.8) is 0 Å². The van der Waals surface area contributed by atoms with E-state index in [0.717, 1.165) is 13.1 Å². The summed E-state index contributed by atoms with van der Waals surface area (Å²) in [7, 11) is 1.66. The van der Waals surface area contributed by atoms with Gasteiger partial charge >= 0.3 is 0 Å². The van der Waals surface area contributed by atoms with Crippen LogP contribution in [0.15, 0.2) is 40.0 Å². The van der Waals surface area contributed by atoms with E-state index in [0.29, 0.717) is 32.4 Å². The zero-order chi connectivity index (χ0) is 21.0. The van der Waals surface area contributed by atoms with Gasteiger partial charge in [-0.2, -0.15) is 11.3 Å². The molecular formula is C22H31N3O3S. The quantitative estimate of drug-likeness (QED) is 0.406. The molecule has 1 aromatic heterocycles. The highest BCUT2D eigenvalue weighted by atomic mass is 32.1. The van der Waals surface area contributed by atoms with Crippen molar-refractivity contribution in [1.82, 2.24) is 9.96 Å². The molecule has 0 spiro atoms. The van der Waals surface area contributed by atoms with E-state index in [2.05, 4.69) is 45.5 Å². The minimum Gasteiger partial charge on any atom is -0.385 e. The number of hydrogen-bond donors (Lipinski definition) is 0. The van der Waals surface area contributed by atoms with Crippen molar-refractivity contribution in [2.75, 3.05) is 46.8 Å². The van der Waals surface area contributed by atoms with Gasteiger partial charge in [0.15, 0.2) is 0 Å². The maximum Gasteiger partial charge on any atom is 0.237 e. The van der Waals surface area contributed by atoms with E-state index < -0.39 is 5.60 Å². The summed E-state index contributed by atoms with van der Waals surface area (Å²) >= 11 is 1.68. The lowest BCUT2D eigenvalue weighted by Crippen LogP contribution is -2.37. The van der Waals surface area contributed by atoms with Crippen molar-refractivity contribution in [1.29, 1.82) is 0 Å². The van der Waals surface area contributed by atoms with Crippen molar-refractivity contribution >= 4 is 23.3 Å². The minimum atomic E-state index is -0.423. The normalized spacial score (nSPS) is 15.1. The van der Waals surface area contributed by atoms with Gasteiger partial charge in [-0.05, 0) is 48.9 Å². The summed E-state index contributed by atoms with van der Waals surface area (Å²) < 4.78 is 10.9. The predicted molar refractivity (Wildman–Crippen MR) is 120 cm³/mol. The second kappa shape index (κ2) is 12.6. The smallest absolute Gasteiger partial charge is 0.237 e. The van der Waals surface area contributed by atoms with Gasteiger partial charge in [0.1, 0.15) is 18.9 Å². The SMILES string of the molecule is CCN(CC=CC#CC(C)(C)OC)CN1CN=C(COCC=Cc2ccsc2)O1. The van der Waals surface area contributed by atoms with Crippen LogP contribution in [0.4, 0.5) is 0 Å². The summed E-state index contributed by atoms with van der Waals surface area (Å²) in [4.78, 5) is 12.4. The van der Waals surface area contributed by atoms with Crippen molar-refractivity contribution in [2.45, 2.75) is 26.4 Å². The fourth-order valence-corrected chi connectivity index (χ4v) is 2.94. The van der Waals surface area contributed by atoms with Gasteiger partial charge in [-0.15, -0.1) is 5.06 Å². The van der Waals surface area contributed by atoms with E-state index in [4.69, 9.17) is 14.3 Å². The highest BCUT2D eigenvalue weighted by Gasteiger charge is 2.19. The first-order valence-corrected chi connectivity index (χ1v) is 10.6. The first kappa shape index (κ1) is 23.3. The lowest BCUT2D eigenvalue weighted by Gasteiger charge is -2.23. The molecule has 2 heterocycles. The topological polar surface area (TPSA) is 46.5 Å². The van der Waals surface area contributed by atoms with Crippen LogP contribution in [0.2, 0.25) is 0 Å². The van der Waals surface area contributed by atoms with Gasteiger partial charge in [0.25, 0.3) is 0 Å². The van der Waals surface area contributed by atoms with Gasteiger partial charge in [0, 0.05) is 13.7 Å². The van der Waals surface area contributed by atoms with Crippen molar-refractivity contribution < 1.29 is 14.3 Å². The summed E-state index contributed by atoms with van der Waals surface area (Å²) in [5.74, 6) is 6.71. The summed E-state index contributed by atoms with van der Waals surface area (Å²) in [6, 6.07) is 2.07. The van der Waals surface area contributed by atoms with Crippen molar-refractivity contribution in [2.24, 2.45) is 4.99 Å². The number of methoxy groups -OCH3 is 1. The molecule has 0 atom stereocenters. The van der Waals surface area contributed by atoms with E-state index in [1.54, 1.807) is 18.4 Å². The minimum absolute atomic E-state index is 0.376. The Bertz CT molecular complexity index is 745. The first-order valence-electron chi connectivity index (χ1n) is 9.70. The largest absolute Gasteiger partial charge is 0.385 e. The molecule has 0 saturated carbocycles. The van der Waals surface area contributed by atoms with Crippen LogP contribution in [0.3, 0.4) is 0 Å². The molecule has 7 heteroatoms. The average Bonchev–Trinajstić information content (AvgIpc) is 3.38. The zero-order valence-corrected chi connectivity index (χ0v) is 18.6. The van der Waals surface area contributed by atoms with Crippen LogP contribution in [0.5, 0.6) is 0 Å². The number of thiophene rings is 1. The van der Waals surface area contributed by atoms with E-state index >= 15 is 0 Å². The molecule has 0 radical (unpaired) electrons. The molecule has 158 valence electrons. The second-order valence-electron chi connectivity index (χ2n) is 6.94. The van der Waals surface area contributed by atoms with Crippen LogP contribution in [0, 0.1) is 11.8 Å². The Balaban J connectivity index is 1.63. The molecule has 2 rings (SSSR count). The van der Waals surface area contributed by atoms with Gasteiger partial charge in [-0.1, -0.05) is 37.0 Å². The first-order chi connectivity index (χ1) is 14.0. The number of hydroxylamine groups is 2. The number of ether oxygens (including phenoxy) is 2. The van der Waals surface area contributed by atoms with Gasteiger partial charge in [-0.25, -0.2) is 4.99 Å². The zero-order valence-electron chi connectivity index (χ0n) is 17.8. The van der Waals surface area contributed by atoms with E-state index in [9.17, 15) is 0 Å². The standard InChI is InChI=1S/C22H31N3O3S/c1-5-24(13-8-6-7-12-22(2,3)26-4)19-25-18-23-21(28-25)16-27-14-9-10-20-11-15-29-17-20/h6,8-11,15,17H,5,13-14,16,18-19H2,1-4H3. The van der Waals surface area contributed by atoms with Crippen LogP contribution in [0.1, 0.15) is 26.3 Å². The molecule has 0 bridgehead atoms. The number of hydrogen-bond acceptors (Lipinski definition) is 7. The molecule has 0 saturated heterocycles. The van der Waals surface area contributed by atoms with Crippen molar-refractivity contribution in [3.8, 4) is 11.8 Å². The molecule has 0 unspecified atom stereocenters. The highest BCUT2D eigenvalue weighted by molar-refractivity contribution is 7.08. The van der Waals surface area contributed by atoms with E-state index in [1.807, 2.05) is 43.2 Å². The van der Waals surface area contributed by atoms with Gasteiger partial charge in [-0.3, -0.25) is 4.90 Å². The summed E-state index contributed by atoms with van der Waals surface area (Å²) in [6.07, 6.45) is 7.96. The molecule has 29 heavy (non-hydrogen) atoms. The Hall–Kier alpha value is -1.95. The molecule has 0 N–H and O–H groups in total. The highest BCUT2D eigenvalue weighted by Crippen LogP contribution is 2.08. The van der Waals surface area contributed by atoms with Crippen LogP contribution in [0.25, 0.3) is 6.08 Å².